The summed E-state index contributed by atoms with van der Waals surface area (Å²) in [5.74, 6) is -0.553. The van der Waals surface area contributed by atoms with E-state index >= 15 is 0 Å². The Morgan fingerprint density at radius 1 is 1.19 bits per heavy atom. The third-order valence-corrected chi connectivity index (χ3v) is 3.94. The van der Waals surface area contributed by atoms with Gasteiger partial charge in [0, 0.05) is 30.4 Å². The number of benzene rings is 1. The monoisotopic (exact) mass is 379 g/mol. The van der Waals surface area contributed by atoms with Gasteiger partial charge in [-0.25, -0.2) is 4.98 Å². The van der Waals surface area contributed by atoms with Crippen LogP contribution in [-0.4, -0.2) is 40.9 Å². The summed E-state index contributed by atoms with van der Waals surface area (Å²) in [5.41, 5.74) is 0.193. The first-order valence-electron chi connectivity index (χ1n) is 8.09. The number of ether oxygens (including phenoxy) is 1. The molecule has 1 aromatic carbocycles. The predicted octanol–water partition coefficient (Wildman–Crippen LogP) is 2.96. The molecule has 6 nitrogen and oxygen atoms in total. The Kier molecular flexibility index (Phi) is 5.02. The van der Waals surface area contributed by atoms with Gasteiger partial charge in [0.05, 0.1) is 18.7 Å². The predicted molar refractivity (Wildman–Crippen MR) is 90.3 cm³/mol. The average molecular weight is 379 g/mol. The number of likely N-dealkylation sites (tertiary alicyclic amines) is 1. The molecule has 0 unspecified atom stereocenters. The number of carbonyl (C=O) groups excluding carboxylic acids is 2. The summed E-state index contributed by atoms with van der Waals surface area (Å²) in [7, 11) is 0. The molecule has 0 aliphatic carbocycles. The van der Waals surface area contributed by atoms with E-state index in [1.165, 1.54) is 11.8 Å². The Labute approximate surface area is 152 Å². The van der Waals surface area contributed by atoms with Crippen LogP contribution in [0.3, 0.4) is 0 Å². The lowest BCUT2D eigenvalue weighted by Crippen LogP contribution is -2.56. The first-order valence-corrected chi connectivity index (χ1v) is 8.09. The SMILES string of the molecule is CC(=O)Nc1ccc(C(=O)N2CC(Oc3cc(C(F)(F)F)ccn3)C2)cc1. The molecule has 0 atom stereocenters. The van der Waals surface area contributed by atoms with Crippen LogP contribution in [0.2, 0.25) is 0 Å². The van der Waals surface area contributed by atoms with Gasteiger partial charge in [-0.3, -0.25) is 9.59 Å². The molecular weight excluding hydrogens is 363 g/mol. The summed E-state index contributed by atoms with van der Waals surface area (Å²) in [6, 6.07) is 8.13. The van der Waals surface area contributed by atoms with Gasteiger partial charge >= 0.3 is 6.18 Å². The van der Waals surface area contributed by atoms with Gasteiger partial charge < -0.3 is 15.0 Å². The van der Waals surface area contributed by atoms with Crippen LogP contribution in [0.15, 0.2) is 42.6 Å². The molecule has 1 aromatic heterocycles. The van der Waals surface area contributed by atoms with E-state index in [0.717, 1.165) is 18.3 Å². The fourth-order valence-electron chi connectivity index (χ4n) is 2.58. The molecule has 2 aromatic rings. The van der Waals surface area contributed by atoms with Crippen molar-refractivity contribution in [2.45, 2.75) is 19.2 Å². The number of pyridine rings is 1. The van der Waals surface area contributed by atoms with Gasteiger partial charge in [-0.15, -0.1) is 0 Å². The van der Waals surface area contributed by atoms with E-state index < -0.39 is 17.8 Å². The molecule has 3 rings (SSSR count). The number of hydrogen-bond acceptors (Lipinski definition) is 4. The minimum atomic E-state index is -4.47. The van der Waals surface area contributed by atoms with Crippen molar-refractivity contribution in [2.24, 2.45) is 0 Å². The molecule has 1 aliphatic rings. The van der Waals surface area contributed by atoms with Gasteiger partial charge in [-0.05, 0) is 30.3 Å². The van der Waals surface area contributed by atoms with Gasteiger partial charge in [0.1, 0.15) is 6.10 Å². The van der Waals surface area contributed by atoms with Crippen molar-refractivity contribution in [3.8, 4) is 5.88 Å². The molecule has 1 aliphatic heterocycles. The van der Waals surface area contributed by atoms with E-state index in [-0.39, 0.29) is 30.8 Å². The number of aromatic nitrogens is 1. The summed E-state index contributed by atoms with van der Waals surface area (Å²) in [4.78, 5) is 28.6. The van der Waals surface area contributed by atoms with Crippen LogP contribution >= 0.6 is 0 Å². The number of rotatable bonds is 4. The highest BCUT2D eigenvalue weighted by molar-refractivity contribution is 5.96. The van der Waals surface area contributed by atoms with Crippen LogP contribution in [0.25, 0.3) is 0 Å². The molecule has 27 heavy (non-hydrogen) atoms. The summed E-state index contributed by atoms with van der Waals surface area (Å²) in [6.07, 6.45) is -3.84. The molecular formula is C18H16F3N3O3. The van der Waals surface area contributed by atoms with Crippen LogP contribution in [0.4, 0.5) is 18.9 Å². The molecule has 142 valence electrons. The van der Waals surface area contributed by atoms with Crippen molar-refractivity contribution >= 4 is 17.5 Å². The zero-order valence-corrected chi connectivity index (χ0v) is 14.3. The second kappa shape index (κ2) is 7.26. The maximum absolute atomic E-state index is 12.7. The largest absolute Gasteiger partial charge is 0.471 e. The van der Waals surface area contributed by atoms with Crippen LogP contribution in [0.1, 0.15) is 22.8 Å². The summed E-state index contributed by atoms with van der Waals surface area (Å²) in [5, 5.41) is 2.61. The molecule has 1 N–H and O–H groups in total. The number of anilines is 1. The second-order valence-corrected chi connectivity index (χ2v) is 6.09. The number of carbonyl (C=O) groups is 2. The lowest BCUT2D eigenvalue weighted by molar-refractivity contribution is -0.137. The van der Waals surface area contributed by atoms with Crippen molar-refractivity contribution in [1.29, 1.82) is 0 Å². The molecule has 1 saturated heterocycles. The summed E-state index contributed by atoms with van der Waals surface area (Å²) in [6.45, 7) is 1.90. The number of nitrogens with one attached hydrogen (secondary N) is 1. The Morgan fingerprint density at radius 3 is 2.44 bits per heavy atom. The zero-order valence-electron chi connectivity index (χ0n) is 14.3. The van der Waals surface area contributed by atoms with Gasteiger partial charge in [0.25, 0.3) is 5.91 Å². The van der Waals surface area contributed by atoms with Crippen molar-refractivity contribution in [3.63, 3.8) is 0 Å². The highest BCUT2D eigenvalue weighted by atomic mass is 19.4. The standard InChI is InChI=1S/C18H16F3N3O3/c1-11(25)23-14-4-2-12(3-5-14)17(26)24-9-15(10-24)27-16-8-13(6-7-22-16)18(19,20)21/h2-8,15H,9-10H2,1H3,(H,23,25). The summed E-state index contributed by atoms with van der Waals surface area (Å²) >= 11 is 0. The molecule has 2 amide bonds. The maximum atomic E-state index is 12.7. The van der Waals surface area contributed by atoms with Gasteiger partial charge in [0.15, 0.2) is 0 Å². The smallest absolute Gasteiger partial charge is 0.416 e. The Hall–Kier alpha value is -3.10. The maximum Gasteiger partial charge on any atom is 0.416 e. The highest BCUT2D eigenvalue weighted by Crippen LogP contribution is 2.31. The Morgan fingerprint density at radius 2 is 1.85 bits per heavy atom. The van der Waals surface area contributed by atoms with Crippen molar-refractivity contribution in [1.82, 2.24) is 9.88 Å². The first-order chi connectivity index (χ1) is 12.7. The molecule has 0 bridgehead atoms. The molecule has 0 radical (unpaired) electrons. The third-order valence-electron chi connectivity index (χ3n) is 3.94. The average Bonchev–Trinajstić information content (AvgIpc) is 2.57. The lowest BCUT2D eigenvalue weighted by Gasteiger charge is -2.38. The van der Waals surface area contributed by atoms with Crippen molar-refractivity contribution < 1.29 is 27.5 Å². The van der Waals surface area contributed by atoms with E-state index in [2.05, 4.69) is 10.3 Å². The minimum absolute atomic E-state index is 0.124. The second-order valence-electron chi connectivity index (χ2n) is 6.09. The van der Waals surface area contributed by atoms with Crippen LogP contribution in [0, 0.1) is 0 Å². The normalized spacial score (nSPS) is 14.4. The van der Waals surface area contributed by atoms with Crippen LogP contribution in [-0.2, 0) is 11.0 Å². The number of hydrogen-bond donors (Lipinski definition) is 1. The van der Waals surface area contributed by atoms with Gasteiger partial charge in [0.2, 0.25) is 11.8 Å². The van der Waals surface area contributed by atoms with Crippen LogP contribution in [0.5, 0.6) is 5.88 Å². The minimum Gasteiger partial charge on any atom is -0.471 e. The topological polar surface area (TPSA) is 71.5 Å². The molecule has 9 heteroatoms. The number of amides is 2. The molecule has 2 heterocycles. The van der Waals surface area contributed by atoms with Crippen molar-refractivity contribution in [3.05, 3.63) is 53.7 Å². The van der Waals surface area contributed by atoms with E-state index in [0.29, 0.717) is 11.3 Å². The van der Waals surface area contributed by atoms with Crippen LogP contribution < -0.4 is 10.1 Å². The highest BCUT2D eigenvalue weighted by Gasteiger charge is 2.34. The number of alkyl halides is 3. The number of halogens is 3. The Balaban J connectivity index is 1.55. The molecule has 0 spiro atoms. The van der Waals surface area contributed by atoms with Gasteiger partial charge in [-0.1, -0.05) is 0 Å². The zero-order chi connectivity index (χ0) is 19.6. The van der Waals surface area contributed by atoms with E-state index in [1.807, 2.05) is 0 Å². The summed E-state index contributed by atoms with van der Waals surface area (Å²) < 4.78 is 43.5. The van der Waals surface area contributed by atoms with Crippen molar-refractivity contribution in [2.75, 3.05) is 18.4 Å². The first kappa shape index (κ1) is 18.7. The quantitative estimate of drug-likeness (QED) is 0.887. The molecule has 1 fully saturated rings. The van der Waals surface area contributed by atoms with E-state index in [4.69, 9.17) is 4.74 Å². The number of nitrogens with zero attached hydrogens (tertiary/aromatic N) is 2. The fraction of sp³-hybridized carbons (Fsp3) is 0.278. The fourth-order valence-corrected chi connectivity index (χ4v) is 2.58. The Bertz CT molecular complexity index is 847. The van der Waals surface area contributed by atoms with E-state index in [9.17, 15) is 22.8 Å². The third kappa shape index (κ3) is 4.55. The van der Waals surface area contributed by atoms with E-state index in [1.54, 1.807) is 24.3 Å². The van der Waals surface area contributed by atoms with Gasteiger partial charge in [-0.2, -0.15) is 13.2 Å². The lowest BCUT2D eigenvalue weighted by atomic mass is 10.1. The molecule has 0 saturated carbocycles.